The van der Waals surface area contributed by atoms with E-state index in [1.165, 1.54) is 55.7 Å². The molecule has 0 fully saturated rings. The number of fused-ring (bicyclic) bond motifs is 9. The van der Waals surface area contributed by atoms with Crippen LogP contribution in [0.1, 0.15) is 23.0 Å². The number of hydrogen-bond donors (Lipinski definition) is 0. The molecule has 0 bridgehead atoms. The Morgan fingerprint density at radius 2 is 0.724 bits per heavy atom. The summed E-state index contributed by atoms with van der Waals surface area (Å²) >= 11 is 0. The van der Waals surface area contributed by atoms with Crippen LogP contribution in [0.15, 0.2) is 218 Å². The molecule has 7 aromatic carbocycles. The number of allylic oxidation sites excluding steroid dienone is 4. The number of anilines is 7. The smallest absolute Gasteiger partial charge is 0.0629 e. The van der Waals surface area contributed by atoms with E-state index in [4.69, 9.17) is 0 Å². The molecule has 1 aromatic heterocycles. The van der Waals surface area contributed by atoms with E-state index in [-0.39, 0.29) is 12.1 Å². The Balaban J connectivity index is 0.949. The van der Waals surface area contributed by atoms with Crippen molar-refractivity contribution in [1.82, 2.24) is 4.57 Å². The Morgan fingerprint density at radius 3 is 1.19 bits per heavy atom. The summed E-state index contributed by atoms with van der Waals surface area (Å²) in [6.45, 7) is 0. The summed E-state index contributed by atoms with van der Waals surface area (Å²) in [6, 6.07) is 63.0. The van der Waals surface area contributed by atoms with Crippen molar-refractivity contribution in [2.45, 2.75) is 23.9 Å². The minimum atomic E-state index is 0.259. The van der Waals surface area contributed by atoms with Gasteiger partial charge in [-0.2, -0.15) is 0 Å². The maximum Gasteiger partial charge on any atom is 0.0629 e. The van der Waals surface area contributed by atoms with Crippen molar-refractivity contribution in [2.75, 3.05) is 14.7 Å². The fraction of sp³-hybridized carbons (Fsp3) is 0.0741. The Kier molecular flexibility index (Phi) is 7.45. The lowest BCUT2D eigenvalue weighted by molar-refractivity contribution is 0.744. The van der Waals surface area contributed by atoms with Gasteiger partial charge in [0.25, 0.3) is 0 Å². The highest BCUT2D eigenvalue weighted by Crippen LogP contribution is 2.50. The van der Waals surface area contributed by atoms with Gasteiger partial charge in [0.05, 0.1) is 23.1 Å². The largest absolute Gasteiger partial charge is 0.333 e. The van der Waals surface area contributed by atoms with Gasteiger partial charge in [0.2, 0.25) is 0 Å². The van der Waals surface area contributed by atoms with Crippen molar-refractivity contribution in [3.05, 3.63) is 230 Å². The van der Waals surface area contributed by atoms with Crippen LogP contribution in [0.5, 0.6) is 0 Å². The van der Waals surface area contributed by atoms with E-state index in [0.717, 1.165) is 22.7 Å². The molecular formula is C54H40N4. The summed E-state index contributed by atoms with van der Waals surface area (Å²) in [5, 5.41) is 2.53. The van der Waals surface area contributed by atoms with Crippen LogP contribution >= 0.6 is 0 Å². The molecule has 276 valence electrons. The molecule has 4 nitrogen and oxygen atoms in total. The number of nitrogens with zero attached hydrogens (tertiary/aromatic N) is 4. The van der Waals surface area contributed by atoms with Gasteiger partial charge in [0, 0.05) is 68.1 Å². The molecule has 0 spiro atoms. The monoisotopic (exact) mass is 744 g/mol. The van der Waals surface area contributed by atoms with Crippen molar-refractivity contribution < 1.29 is 0 Å². The van der Waals surface area contributed by atoms with E-state index >= 15 is 0 Å². The second-order valence-corrected chi connectivity index (χ2v) is 15.7. The second-order valence-electron chi connectivity index (χ2n) is 15.7. The fourth-order valence-corrected chi connectivity index (χ4v) is 10.1. The van der Waals surface area contributed by atoms with Crippen molar-refractivity contribution in [1.29, 1.82) is 0 Å². The van der Waals surface area contributed by atoms with Gasteiger partial charge in [-0.1, -0.05) is 121 Å². The first-order valence-corrected chi connectivity index (χ1v) is 20.4. The summed E-state index contributed by atoms with van der Waals surface area (Å²) in [4.78, 5) is 7.39. The van der Waals surface area contributed by atoms with Crippen molar-refractivity contribution >= 4 is 61.6 Å². The standard InChI is InChI=1S/C54H40N4/c1-7-19-49-43(13-1)44-14-2-8-20-50(44)56(49)40-31-25-37(26-32-40)55(38-27-33-41(34-28-38)57-51-21-9-3-15-45(51)46-16-4-10-22-52(46)57)39-29-35-42(36-30-39)58-53-23-11-5-17-47(53)48-18-6-12-24-54(48)58/h1-36,43,45,49,51H. The van der Waals surface area contributed by atoms with Crippen LogP contribution in [0.3, 0.4) is 0 Å². The highest BCUT2D eigenvalue weighted by molar-refractivity contribution is 6.09. The SMILES string of the molecule is C1=CC2c3ccccc3N(c3ccc(N(c4ccc(N5c6ccccc6C6C=CC=CC65)cc4)c4ccc(-n5c6ccccc6c6ccccc65)cc4)cc3)C2C=C1. The van der Waals surface area contributed by atoms with Crippen LogP contribution in [0.4, 0.5) is 39.8 Å². The van der Waals surface area contributed by atoms with E-state index in [0.29, 0.717) is 11.8 Å². The molecule has 12 rings (SSSR count). The second kappa shape index (κ2) is 13.1. The van der Waals surface area contributed by atoms with Crippen LogP contribution in [0.2, 0.25) is 0 Å². The van der Waals surface area contributed by atoms with E-state index in [9.17, 15) is 0 Å². The lowest BCUT2D eigenvalue weighted by atomic mass is 9.91. The molecule has 0 N–H and O–H groups in total. The summed E-state index contributed by atoms with van der Waals surface area (Å²) in [5.74, 6) is 0.698. The number of hydrogen-bond acceptors (Lipinski definition) is 3. The van der Waals surface area contributed by atoms with Gasteiger partial charge in [-0.3, -0.25) is 0 Å². The van der Waals surface area contributed by atoms with Crippen molar-refractivity contribution in [3.8, 4) is 5.69 Å². The molecular weight excluding hydrogens is 705 g/mol. The molecule has 0 amide bonds. The molecule has 2 aliphatic carbocycles. The van der Waals surface area contributed by atoms with Gasteiger partial charge in [0.1, 0.15) is 0 Å². The van der Waals surface area contributed by atoms with Crippen molar-refractivity contribution in [2.24, 2.45) is 0 Å². The van der Waals surface area contributed by atoms with E-state index in [2.05, 4.69) is 238 Å². The number of para-hydroxylation sites is 4. The summed E-state index contributed by atoms with van der Waals surface area (Å²) < 4.78 is 2.38. The highest BCUT2D eigenvalue weighted by atomic mass is 15.2. The Labute approximate surface area is 338 Å². The summed E-state index contributed by atoms with van der Waals surface area (Å²) in [6.07, 6.45) is 18.1. The van der Waals surface area contributed by atoms with Gasteiger partial charge in [-0.15, -0.1) is 0 Å². The van der Waals surface area contributed by atoms with Gasteiger partial charge in [0.15, 0.2) is 0 Å². The molecule has 3 heterocycles. The zero-order valence-corrected chi connectivity index (χ0v) is 31.9. The molecule has 4 heteroatoms. The predicted octanol–water partition coefficient (Wildman–Crippen LogP) is 13.7. The highest BCUT2D eigenvalue weighted by Gasteiger charge is 2.38. The molecule has 0 saturated heterocycles. The van der Waals surface area contributed by atoms with Crippen LogP contribution in [-0.2, 0) is 0 Å². The number of benzene rings is 7. The zero-order valence-electron chi connectivity index (χ0n) is 31.9. The Bertz CT molecular complexity index is 2800. The van der Waals surface area contributed by atoms with Crippen LogP contribution in [-0.4, -0.2) is 16.7 Å². The van der Waals surface area contributed by atoms with Gasteiger partial charge in [-0.05, 0) is 108 Å². The number of aromatic nitrogens is 1. The quantitative estimate of drug-likeness (QED) is 0.168. The Morgan fingerprint density at radius 1 is 0.345 bits per heavy atom. The first-order valence-electron chi connectivity index (χ1n) is 20.4. The molecule has 8 aromatic rings. The average molecular weight is 745 g/mol. The minimum Gasteiger partial charge on any atom is -0.333 e. The first-order chi connectivity index (χ1) is 28.8. The first kappa shape index (κ1) is 32.9. The molecule has 4 aliphatic rings. The summed E-state index contributed by atoms with van der Waals surface area (Å²) in [5.41, 5.74) is 14.6. The maximum atomic E-state index is 2.50. The maximum absolute atomic E-state index is 2.50. The predicted molar refractivity (Wildman–Crippen MR) is 242 cm³/mol. The zero-order chi connectivity index (χ0) is 38.2. The fourth-order valence-electron chi connectivity index (χ4n) is 10.1. The van der Waals surface area contributed by atoms with Gasteiger partial charge < -0.3 is 19.3 Å². The van der Waals surface area contributed by atoms with Crippen molar-refractivity contribution in [3.63, 3.8) is 0 Å². The number of rotatable bonds is 6. The molecule has 0 saturated carbocycles. The van der Waals surface area contributed by atoms with Crippen LogP contribution in [0.25, 0.3) is 27.5 Å². The molecule has 4 unspecified atom stereocenters. The lowest BCUT2D eigenvalue weighted by Gasteiger charge is -2.31. The van der Waals surface area contributed by atoms with Crippen LogP contribution in [0, 0.1) is 0 Å². The Hall–Kier alpha value is -7.30. The molecule has 0 radical (unpaired) electrons. The minimum absolute atomic E-state index is 0.259. The molecule has 58 heavy (non-hydrogen) atoms. The van der Waals surface area contributed by atoms with Gasteiger partial charge >= 0.3 is 0 Å². The third kappa shape index (κ3) is 5.01. The average Bonchev–Trinajstić information content (AvgIpc) is 3.93. The van der Waals surface area contributed by atoms with E-state index in [1.807, 2.05) is 0 Å². The topological polar surface area (TPSA) is 14.7 Å². The third-order valence-corrected chi connectivity index (χ3v) is 12.6. The molecule has 4 atom stereocenters. The molecule has 2 aliphatic heterocycles. The van der Waals surface area contributed by atoms with E-state index < -0.39 is 0 Å². The normalized spacial score (nSPS) is 19.7. The summed E-state index contributed by atoms with van der Waals surface area (Å²) in [7, 11) is 0. The van der Waals surface area contributed by atoms with Gasteiger partial charge in [-0.25, -0.2) is 0 Å². The van der Waals surface area contributed by atoms with Crippen LogP contribution < -0.4 is 14.7 Å². The third-order valence-electron chi connectivity index (χ3n) is 12.6. The lowest BCUT2D eigenvalue weighted by Crippen LogP contribution is -2.28. The van der Waals surface area contributed by atoms with E-state index in [1.54, 1.807) is 0 Å².